The Hall–Kier alpha value is -2.29. The molecule has 4 rings (SSSR count). The van der Waals surface area contributed by atoms with Crippen molar-refractivity contribution < 1.29 is 13.6 Å². The lowest BCUT2D eigenvalue weighted by Crippen LogP contribution is -2.50. The third-order valence-corrected chi connectivity index (χ3v) is 5.33. The van der Waals surface area contributed by atoms with Crippen LogP contribution in [-0.2, 0) is 24.3 Å². The first-order valence-electron chi connectivity index (χ1n) is 8.92. The normalized spacial score (nSPS) is 21.2. The minimum atomic E-state index is -2.57. The molecule has 1 unspecified atom stereocenters. The van der Waals surface area contributed by atoms with Gasteiger partial charge in [0.15, 0.2) is 0 Å². The van der Waals surface area contributed by atoms with Crippen molar-refractivity contribution in [3.05, 3.63) is 36.4 Å². The van der Waals surface area contributed by atoms with E-state index in [1.165, 1.54) is 12.4 Å². The number of fused-ring (bicyclic) bond motifs is 1. The lowest BCUT2D eigenvalue weighted by Gasteiger charge is -2.37. The fourth-order valence-corrected chi connectivity index (χ4v) is 3.81. The Labute approximate surface area is 150 Å². The Morgan fingerprint density at radius 2 is 2.04 bits per heavy atom. The molecule has 26 heavy (non-hydrogen) atoms. The quantitative estimate of drug-likeness (QED) is 0.823. The van der Waals surface area contributed by atoms with Crippen LogP contribution in [0.3, 0.4) is 0 Å². The van der Waals surface area contributed by atoms with Crippen LogP contribution in [0.15, 0.2) is 24.9 Å². The molecule has 0 N–H and O–H groups in total. The summed E-state index contributed by atoms with van der Waals surface area (Å²) in [6.07, 6.45) is 7.93. The van der Waals surface area contributed by atoms with Crippen LogP contribution in [0, 0.1) is 5.92 Å². The van der Waals surface area contributed by atoms with E-state index in [1.807, 2.05) is 17.4 Å². The molecule has 7 nitrogen and oxygen atoms in total. The monoisotopic (exact) mass is 364 g/mol. The summed E-state index contributed by atoms with van der Waals surface area (Å²) in [5.74, 6) is 0.579. The maximum absolute atomic E-state index is 12.9. The number of carbonyl (C=O) groups is 1. The Kier molecular flexibility index (Phi) is 4.71. The molecule has 9 heteroatoms. The van der Waals surface area contributed by atoms with Crippen molar-refractivity contribution in [1.29, 1.82) is 0 Å². The molecular formula is C17H22F2N6O. The highest BCUT2D eigenvalue weighted by atomic mass is 19.3. The number of carbonyl (C=O) groups excluding carboxylic acids is 1. The topological polar surface area (TPSA) is 59.2 Å². The minimum Gasteiger partial charge on any atom is -0.340 e. The third-order valence-electron chi connectivity index (χ3n) is 5.33. The van der Waals surface area contributed by atoms with Crippen molar-refractivity contribution in [3.63, 3.8) is 0 Å². The molecule has 2 aliphatic rings. The Bertz CT molecular complexity index is 765. The SMILES string of the molecule is O=C(C1CCn2cncc2C1)N1CCN(Cc2nccn2C(F)F)CC1. The van der Waals surface area contributed by atoms with E-state index < -0.39 is 6.55 Å². The molecule has 0 aliphatic carbocycles. The average molecular weight is 364 g/mol. The molecule has 2 aromatic heterocycles. The van der Waals surface area contributed by atoms with E-state index >= 15 is 0 Å². The molecule has 4 heterocycles. The molecule has 1 saturated heterocycles. The van der Waals surface area contributed by atoms with Gasteiger partial charge in [0.25, 0.3) is 0 Å². The molecule has 0 aromatic carbocycles. The number of imidazole rings is 2. The predicted octanol–water partition coefficient (Wildman–Crippen LogP) is 1.38. The first-order valence-corrected chi connectivity index (χ1v) is 8.92. The van der Waals surface area contributed by atoms with Crippen LogP contribution in [0.4, 0.5) is 8.78 Å². The molecule has 2 aromatic rings. The van der Waals surface area contributed by atoms with Crippen LogP contribution in [0.25, 0.3) is 0 Å². The summed E-state index contributed by atoms with van der Waals surface area (Å²) in [7, 11) is 0. The van der Waals surface area contributed by atoms with Gasteiger partial charge in [0, 0.05) is 69.3 Å². The second-order valence-electron chi connectivity index (χ2n) is 6.90. The predicted molar refractivity (Wildman–Crippen MR) is 89.4 cm³/mol. The maximum atomic E-state index is 12.9. The Balaban J connectivity index is 1.31. The van der Waals surface area contributed by atoms with E-state index in [0.29, 0.717) is 38.5 Å². The van der Waals surface area contributed by atoms with Crippen molar-refractivity contribution >= 4 is 5.91 Å². The van der Waals surface area contributed by atoms with Gasteiger partial charge >= 0.3 is 6.55 Å². The number of nitrogens with zero attached hydrogens (tertiary/aromatic N) is 6. The molecule has 1 fully saturated rings. The van der Waals surface area contributed by atoms with Crippen LogP contribution in [0.1, 0.15) is 24.5 Å². The summed E-state index contributed by atoms with van der Waals surface area (Å²) >= 11 is 0. The molecule has 2 aliphatic heterocycles. The fourth-order valence-electron chi connectivity index (χ4n) is 3.81. The molecule has 0 radical (unpaired) electrons. The highest BCUT2D eigenvalue weighted by molar-refractivity contribution is 5.79. The number of aryl methyl sites for hydroxylation is 1. The number of aromatic nitrogens is 4. The summed E-state index contributed by atoms with van der Waals surface area (Å²) in [6.45, 7) is 1.24. The molecule has 1 atom stereocenters. The maximum Gasteiger partial charge on any atom is 0.319 e. The van der Waals surface area contributed by atoms with Crippen molar-refractivity contribution in [3.8, 4) is 0 Å². The summed E-state index contributed by atoms with van der Waals surface area (Å²) in [5.41, 5.74) is 1.12. The van der Waals surface area contributed by atoms with Crippen LogP contribution >= 0.6 is 0 Å². The van der Waals surface area contributed by atoms with Gasteiger partial charge in [0.2, 0.25) is 5.91 Å². The number of amides is 1. The average Bonchev–Trinajstić information content (AvgIpc) is 3.30. The van der Waals surface area contributed by atoms with Gasteiger partial charge in [-0.2, -0.15) is 8.78 Å². The standard InChI is InChI=1S/C17H22F2N6O/c18-17(19)25-4-2-21-15(25)11-22-5-7-23(8-6-22)16(26)13-1-3-24-12-20-10-14(24)9-13/h2,4,10,12-13,17H,1,3,5-9,11H2. The van der Waals surface area contributed by atoms with Crippen LogP contribution < -0.4 is 0 Å². The van der Waals surface area contributed by atoms with Gasteiger partial charge in [0.05, 0.1) is 12.9 Å². The van der Waals surface area contributed by atoms with Crippen molar-refractivity contribution in [2.45, 2.75) is 32.5 Å². The molecule has 140 valence electrons. The lowest BCUT2D eigenvalue weighted by molar-refractivity contribution is -0.138. The van der Waals surface area contributed by atoms with E-state index in [4.69, 9.17) is 0 Å². The zero-order valence-electron chi connectivity index (χ0n) is 14.5. The van der Waals surface area contributed by atoms with E-state index in [0.717, 1.165) is 29.6 Å². The highest BCUT2D eigenvalue weighted by Crippen LogP contribution is 2.23. The third kappa shape index (κ3) is 3.35. The fraction of sp³-hybridized carbons (Fsp3) is 0.588. The van der Waals surface area contributed by atoms with Gasteiger partial charge < -0.3 is 9.47 Å². The molecule has 0 bridgehead atoms. The van der Waals surface area contributed by atoms with E-state index in [9.17, 15) is 13.6 Å². The number of hydrogen-bond donors (Lipinski definition) is 0. The second kappa shape index (κ2) is 7.14. The van der Waals surface area contributed by atoms with E-state index in [2.05, 4.69) is 19.4 Å². The summed E-state index contributed by atoms with van der Waals surface area (Å²) in [4.78, 5) is 25.0. The smallest absolute Gasteiger partial charge is 0.319 e. The number of piperazine rings is 1. The van der Waals surface area contributed by atoms with Gasteiger partial charge in [-0.05, 0) is 6.42 Å². The van der Waals surface area contributed by atoms with Gasteiger partial charge in [-0.25, -0.2) is 9.97 Å². The van der Waals surface area contributed by atoms with E-state index in [-0.39, 0.29) is 11.8 Å². The Morgan fingerprint density at radius 3 is 2.81 bits per heavy atom. The Morgan fingerprint density at radius 1 is 1.23 bits per heavy atom. The molecular weight excluding hydrogens is 342 g/mol. The van der Waals surface area contributed by atoms with Crippen LogP contribution in [0.2, 0.25) is 0 Å². The van der Waals surface area contributed by atoms with Crippen molar-refractivity contribution in [2.75, 3.05) is 26.2 Å². The van der Waals surface area contributed by atoms with Gasteiger partial charge in [-0.15, -0.1) is 0 Å². The highest BCUT2D eigenvalue weighted by Gasteiger charge is 2.30. The first kappa shape index (κ1) is 17.1. The minimum absolute atomic E-state index is 0.0171. The number of alkyl halides is 2. The van der Waals surface area contributed by atoms with E-state index in [1.54, 1.807) is 0 Å². The van der Waals surface area contributed by atoms with Crippen molar-refractivity contribution in [1.82, 2.24) is 28.9 Å². The number of halogens is 2. The molecule has 0 saturated carbocycles. The summed E-state index contributed by atoms with van der Waals surface area (Å²) in [6, 6.07) is 0. The van der Waals surface area contributed by atoms with Crippen molar-refractivity contribution in [2.24, 2.45) is 5.92 Å². The number of hydrogen-bond acceptors (Lipinski definition) is 4. The zero-order valence-corrected chi connectivity index (χ0v) is 14.5. The van der Waals surface area contributed by atoms with Crippen LogP contribution in [-0.4, -0.2) is 61.0 Å². The van der Waals surface area contributed by atoms with Crippen LogP contribution in [0.5, 0.6) is 0 Å². The lowest BCUT2D eigenvalue weighted by atomic mass is 9.94. The van der Waals surface area contributed by atoms with Gasteiger partial charge in [0.1, 0.15) is 5.82 Å². The zero-order chi connectivity index (χ0) is 18.1. The largest absolute Gasteiger partial charge is 0.340 e. The summed E-state index contributed by atoms with van der Waals surface area (Å²) in [5, 5.41) is 0. The number of rotatable bonds is 4. The van der Waals surface area contributed by atoms with Gasteiger partial charge in [-0.3, -0.25) is 14.3 Å². The molecule has 1 amide bonds. The second-order valence-corrected chi connectivity index (χ2v) is 6.90. The first-order chi connectivity index (χ1) is 12.6. The van der Waals surface area contributed by atoms with Gasteiger partial charge in [-0.1, -0.05) is 0 Å². The molecule has 0 spiro atoms. The summed E-state index contributed by atoms with van der Waals surface area (Å²) < 4.78 is 28.8.